The minimum atomic E-state index is -0.784. The predicted octanol–water partition coefficient (Wildman–Crippen LogP) is 23.0. The molecular formula is C73H124O6. The summed E-state index contributed by atoms with van der Waals surface area (Å²) in [5, 5.41) is 0. The molecule has 452 valence electrons. The van der Waals surface area contributed by atoms with Gasteiger partial charge in [0.05, 0.1) is 0 Å². The van der Waals surface area contributed by atoms with Gasteiger partial charge in [0.15, 0.2) is 6.10 Å². The summed E-state index contributed by atoms with van der Waals surface area (Å²) < 4.78 is 16.9. The Hall–Kier alpha value is -3.93. The lowest BCUT2D eigenvalue weighted by Crippen LogP contribution is -2.30. The van der Waals surface area contributed by atoms with Crippen molar-refractivity contribution in [3.63, 3.8) is 0 Å². The lowest BCUT2D eigenvalue weighted by Gasteiger charge is -2.18. The number of hydrogen-bond donors (Lipinski definition) is 0. The molecule has 0 saturated carbocycles. The molecule has 6 nitrogen and oxygen atoms in total. The van der Waals surface area contributed by atoms with Crippen LogP contribution in [0.5, 0.6) is 0 Å². The Labute approximate surface area is 489 Å². The molecule has 79 heavy (non-hydrogen) atoms. The molecule has 6 heteroatoms. The summed E-state index contributed by atoms with van der Waals surface area (Å²) in [7, 11) is 0. The van der Waals surface area contributed by atoms with Crippen LogP contribution < -0.4 is 0 Å². The van der Waals surface area contributed by atoms with Crippen molar-refractivity contribution < 1.29 is 28.6 Å². The van der Waals surface area contributed by atoms with E-state index in [-0.39, 0.29) is 31.1 Å². The summed E-state index contributed by atoms with van der Waals surface area (Å²) >= 11 is 0. The van der Waals surface area contributed by atoms with Crippen LogP contribution in [0.1, 0.15) is 316 Å². The van der Waals surface area contributed by atoms with Gasteiger partial charge in [0.2, 0.25) is 0 Å². The largest absolute Gasteiger partial charge is 0.462 e. The molecule has 0 aliphatic rings. The topological polar surface area (TPSA) is 78.9 Å². The predicted molar refractivity (Wildman–Crippen MR) is 343 cm³/mol. The Morgan fingerprint density at radius 1 is 0.266 bits per heavy atom. The highest BCUT2D eigenvalue weighted by Gasteiger charge is 2.19. The SMILES string of the molecule is CC/C=C\C/C=C\C/C=C\C/C=C\C/C=C\C/C=C\CCCCCCCCCCC(=O)OCC(COC(=O)CCCCCCCCCCC)OC(=O)CCCCCCCCCCCC/C=C\C/C=C\C/C=C\CCCCCCC. The zero-order chi connectivity index (χ0) is 57.1. The van der Waals surface area contributed by atoms with E-state index < -0.39 is 6.10 Å². The maximum atomic E-state index is 12.9. The second kappa shape index (κ2) is 66.6. The summed E-state index contributed by atoms with van der Waals surface area (Å²) in [6.45, 7) is 6.51. The summed E-state index contributed by atoms with van der Waals surface area (Å²) in [5.41, 5.74) is 0. The van der Waals surface area contributed by atoms with Gasteiger partial charge in [0.25, 0.3) is 0 Å². The van der Waals surface area contributed by atoms with Crippen LogP contribution in [-0.2, 0) is 28.6 Å². The molecule has 1 atom stereocenters. The molecule has 0 radical (unpaired) electrons. The van der Waals surface area contributed by atoms with Crippen molar-refractivity contribution >= 4 is 17.9 Å². The number of esters is 3. The molecule has 0 saturated heterocycles. The number of carbonyl (C=O) groups is 3. The van der Waals surface area contributed by atoms with Gasteiger partial charge in [-0.25, -0.2) is 0 Å². The third-order valence-corrected chi connectivity index (χ3v) is 14.3. The Bertz CT molecular complexity index is 1590. The number of allylic oxidation sites excluding steroid dienone is 18. The third kappa shape index (κ3) is 64.8. The average molecular weight is 1100 g/mol. The molecule has 0 N–H and O–H groups in total. The van der Waals surface area contributed by atoms with Crippen molar-refractivity contribution in [2.24, 2.45) is 0 Å². The van der Waals surface area contributed by atoms with Crippen molar-refractivity contribution in [3.8, 4) is 0 Å². The number of carbonyl (C=O) groups excluding carboxylic acids is 3. The molecule has 0 aromatic heterocycles. The van der Waals surface area contributed by atoms with Crippen LogP contribution in [-0.4, -0.2) is 37.2 Å². The van der Waals surface area contributed by atoms with E-state index in [1.165, 1.54) is 161 Å². The first kappa shape index (κ1) is 75.1. The van der Waals surface area contributed by atoms with Crippen molar-refractivity contribution in [2.45, 2.75) is 322 Å². The van der Waals surface area contributed by atoms with Crippen LogP contribution in [0.4, 0.5) is 0 Å². The monoisotopic (exact) mass is 1100 g/mol. The maximum absolute atomic E-state index is 12.9. The highest BCUT2D eigenvalue weighted by Crippen LogP contribution is 2.16. The summed E-state index contributed by atoms with van der Waals surface area (Å²) in [6, 6.07) is 0. The second-order valence-corrected chi connectivity index (χ2v) is 22.0. The van der Waals surface area contributed by atoms with Crippen molar-refractivity contribution in [3.05, 3.63) is 109 Å². The van der Waals surface area contributed by atoms with Gasteiger partial charge in [-0.2, -0.15) is 0 Å². The molecule has 0 aromatic rings. The fourth-order valence-electron chi connectivity index (χ4n) is 9.28. The van der Waals surface area contributed by atoms with Gasteiger partial charge in [-0.15, -0.1) is 0 Å². The second-order valence-electron chi connectivity index (χ2n) is 22.0. The zero-order valence-electron chi connectivity index (χ0n) is 51.9. The fourth-order valence-corrected chi connectivity index (χ4v) is 9.28. The van der Waals surface area contributed by atoms with E-state index in [0.717, 1.165) is 116 Å². The molecule has 0 spiro atoms. The number of rotatable bonds is 60. The quantitative estimate of drug-likeness (QED) is 0.0261. The van der Waals surface area contributed by atoms with Gasteiger partial charge in [0.1, 0.15) is 13.2 Å². The van der Waals surface area contributed by atoms with Crippen molar-refractivity contribution in [2.75, 3.05) is 13.2 Å². The first-order valence-corrected chi connectivity index (χ1v) is 33.4. The number of ether oxygens (including phenoxy) is 3. The fraction of sp³-hybridized carbons (Fsp3) is 0.712. The Balaban J connectivity index is 4.24. The minimum Gasteiger partial charge on any atom is -0.462 e. The first-order valence-electron chi connectivity index (χ1n) is 33.4. The highest BCUT2D eigenvalue weighted by atomic mass is 16.6. The van der Waals surface area contributed by atoms with Crippen LogP contribution in [0.3, 0.4) is 0 Å². The van der Waals surface area contributed by atoms with Gasteiger partial charge < -0.3 is 14.2 Å². The molecule has 0 bridgehead atoms. The van der Waals surface area contributed by atoms with E-state index in [1.807, 2.05) is 0 Å². The van der Waals surface area contributed by atoms with Crippen LogP contribution >= 0.6 is 0 Å². The smallest absolute Gasteiger partial charge is 0.306 e. The summed E-state index contributed by atoms with van der Waals surface area (Å²) in [4.78, 5) is 38.3. The van der Waals surface area contributed by atoms with Gasteiger partial charge >= 0.3 is 17.9 Å². The zero-order valence-corrected chi connectivity index (χ0v) is 51.9. The van der Waals surface area contributed by atoms with Gasteiger partial charge in [-0.05, 0) is 109 Å². The lowest BCUT2D eigenvalue weighted by molar-refractivity contribution is -0.167. The molecule has 0 aliphatic carbocycles. The molecule has 0 heterocycles. The van der Waals surface area contributed by atoms with Gasteiger partial charge in [0, 0.05) is 19.3 Å². The standard InChI is InChI=1S/C73H124O6/c1-4-7-10-13-16-19-21-23-25-27-29-31-33-35-36-38-39-41-43-45-47-49-51-54-57-60-63-66-72(75)78-69-70(68-77-71(74)65-62-59-56-53-18-15-12-9-6-3)79-73(76)67-64-61-58-55-52-50-48-46-44-42-40-37-34-32-30-28-26-24-22-20-17-14-11-8-5-2/h7,10,16,19,22-25,28-31,34-37,39,41,70H,4-6,8-9,11-15,17-18,20-21,26-27,32-33,38,40,42-69H2,1-3H3/b10-7-,19-16-,24-22-,25-23-,30-28-,31-29-,36-35-,37-34-,41-39-. The maximum Gasteiger partial charge on any atom is 0.306 e. The molecule has 0 amide bonds. The molecule has 0 fully saturated rings. The number of unbranched alkanes of at least 4 members (excludes halogenated alkanes) is 31. The summed E-state index contributed by atoms with van der Waals surface area (Å²) in [6.07, 6.45) is 91.1. The van der Waals surface area contributed by atoms with Gasteiger partial charge in [-0.1, -0.05) is 297 Å². The van der Waals surface area contributed by atoms with E-state index >= 15 is 0 Å². The molecule has 0 aliphatic heterocycles. The third-order valence-electron chi connectivity index (χ3n) is 14.3. The highest BCUT2D eigenvalue weighted by molar-refractivity contribution is 5.71. The van der Waals surface area contributed by atoms with E-state index in [1.54, 1.807) is 0 Å². The molecule has 0 aromatic carbocycles. The molecule has 1 unspecified atom stereocenters. The van der Waals surface area contributed by atoms with E-state index in [9.17, 15) is 14.4 Å². The number of hydrogen-bond acceptors (Lipinski definition) is 6. The Morgan fingerprint density at radius 3 is 0.772 bits per heavy atom. The average Bonchev–Trinajstić information content (AvgIpc) is 3.45. The molecule has 0 rings (SSSR count). The van der Waals surface area contributed by atoms with Crippen LogP contribution in [0.15, 0.2) is 109 Å². The van der Waals surface area contributed by atoms with E-state index in [4.69, 9.17) is 14.2 Å². The summed E-state index contributed by atoms with van der Waals surface area (Å²) in [5.74, 6) is -0.888. The van der Waals surface area contributed by atoms with Crippen molar-refractivity contribution in [1.29, 1.82) is 0 Å². The lowest BCUT2D eigenvalue weighted by atomic mass is 10.0. The van der Waals surface area contributed by atoms with Gasteiger partial charge in [-0.3, -0.25) is 14.4 Å². The van der Waals surface area contributed by atoms with Crippen LogP contribution in [0.2, 0.25) is 0 Å². The van der Waals surface area contributed by atoms with E-state index in [2.05, 4.69) is 130 Å². The minimum absolute atomic E-state index is 0.0807. The Morgan fingerprint density at radius 2 is 0.494 bits per heavy atom. The van der Waals surface area contributed by atoms with Crippen LogP contribution in [0, 0.1) is 0 Å². The normalized spacial score (nSPS) is 12.8. The Kier molecular flexibility index (Phi) is 63.3. The van der Waals surface area contributed by atoms with Crippen LogP contribution in [0.25, 0.3) is 0 Å². The van der Waals surface area contributed by atoms with Crippen molar-refractivity contribution in [1.82, 2.24) is 0 Å². The van der Waals surface area contributed by atoms with E-state index in [0.29, 0.717) is 19.3 Å². The first-order chi connectivity index (χ1) is 39.0. The molecular weight excluding hydrogens is 973 g/mol.